The quantitative estimate of drug-likeness (QED) is 0.624. The molecular formula is C17H24FN3. The molecule has 0 atom stereocenters. The van der Waals surface area contributed by atoms with Crippen LogP contribution in [0.4, 0.5) is 4.39 Å². The molecule has 3 nitrogen and oxygen atoms in total. The van der Waals surface area contributed by atoms with E-state index in [1.165, 1.54) is 31.7 Å². The summed E-state index contributed by atoms with van der Waals surface area (Å²) in [5.74, 6) is 3.25. The minimum Gasteiger partial charge on any atom is -0.356 e. The molecule has 0 aromatic heterocycles. The fraction of sp³-hybridized carbons (Fsp3) is 0.588. The van der Waals surface area contributed by atoms with Crippen molar-refractivity contribution >= 4 is 5.96 Å². The molecular weight excluding hydrogens is 265 g/mol. The third kappa shape index (κ3) is 3.96. The maximum Gasteiger partial charge on any atom is 0.191 e. The van der Waals surface area contributed by atoms with E-state index in [0.717, 1.165) is 30.3 Å². The molecule has 0 bridgehead atoms. The highest BCUT2D eigenvalue weighted by molar-refractivity contribution is 5.79. The Bertz CT molecular complexity index is 495. The summed E-state index contributed by atoms with van der Waals surface area (Å²) < 4.78 is 13.6. The number of halogens is 1. The maximum atomic E-state index is 13.6. The first-order chi connectivity index (χ1) is 10.3. The minimum atomic E-state index is -0.172. The van der Waals surface area contributed by atoms with Gasteiger partial charge in [-0.25, -0.2) is 4.39 Å². The van der Waals surface area contributed by atoms with Gasteiger partial charge in [0.15, 0.2) is 5.96 Å². The largest absolute Gasteiger partial charge is 0.356 e. The number of benzene rings is 1. The van der Waals surface area contributed by atoms with Crippen molar-refractivity contribution in [3.8, 4) is 0 Å². The molecule has 2 aliphatic carbocycles. The van der Waals surface area contributed by atoms with Crippen LogP contribution < -0.4 is 10.6 Å². The zero-order valence-corrected chi connectivity index (χ0v) is 12.6. The molecule has 0 unspecified atom stereocenters. The predicted octanol–water partition coefficient (Wildman–Crippen LogP) is 2.93. The van der Waals surface area contributed by atoms with Crippen molar-refractivity contribution in [2.24, 2.45) is 22.7 Å². The zero-order chi connectivity index (χ0) is 14.7. The Morgan fingerprint density at radius 2 is 1.86 bits per heavy atom. The molecule has 1 aromatic carbocycles. The van der Waals surface area contributed by atoms with Crippen LogP contribution in [0.1, 0.15) is 31.2 Å². The standard InChI is InChI=1S/C17H24FN3/c1-19-17(20-10-14-4-2-3-5-16(14)18)21-11-15(12-6-7-12)13-8-9-13/h2-5,12-13,15H,6-11H2,1H3,(H2,19,20,21). The lowest BCUT2D eigenvalue weighted by Crippen LogP contribution is -2.40. The topological polar surface area (TPSA) is 36.4 Å². The Hall–Kier alpha value is -1.58. The Kier molecular flexibility index (Phi) is 4.42. The van der Waals surface area contributed by atoms with Crippen LogP contribution in [0.15, 0.2) is 29.3 Å². The van der Waals surface area contributed by atoms with Crippen molar-refractivity contribution in [3.63, 3.8) is 0 Å². The third-order valence-corrected chi connectivity index (χ3v) is 4.59. The summed E-state index contributed by atoms with van der Waals surface area (Å²) in [5, 5.41) is 6.62. The third-order valence-electron chi connectivity index (χ3n) is 4.59. The molecule has 21 heavy (non-hydrogen) atoms. The second kappa shape index (κ2) is 6.46. The fourth-order valence-corrected chi connectivity index (χ4v) is 3.02. The van der Waals surface area contributed by atoms with Gasteiger partial charge in [-0.15, -0.1) is 0 Å². The van der Waals surface area contributed by atoms with Crippen molar-refractivity contribution in [1.82, 2.24) is 10.6 Å². The van der Waals surface area contributed by atoms with E-state index in [2.05, 4.69) is 15.6 Å². The molecule has 3 rings (SSSR count). The molecule has 0 radical (unpaired) electrons. The Balaban J connectivity index is 1.48. The average molecular weight is 289 g/mol. The molecule has 2 saturated carbocycles. The van der Waals surface area contributed by atoms with Crippen LogP contribution in [0.3, 0.4) is 0 Å². The van der Waals surface area contributed by atoms with Gasteiger partial charge in [0.2, 0.25) is 0 Å². The van der Waals surface area contributed by atoms with Crippen LogP contribution in [0.2, 0.25) is 0 Å². The Morgan fingerprint density at radius 1 is 1.19 bits per heavy atom. The lowest BCUT2D eigenvalue weighted by atomic mass is 9.98. The van der Waals surface area contributed by atoms with Gasteiger partial charge in [0.1, 0.15) is 5.82 Å². The number of rotatable bonds is 6. The van der Waals surface area contributed by atoms with E-state index >= 15 is 0 Å². The maximum absolute atomic E-state index is 13.6. The van der Waals surface area contributed by atoms with Crippen molar-refractivity contribution in [2.45, 2.75) is 32.2 Å². The smallest absolute Gasteiger partial charge is 0.191 e. The van der Waals surface area contributed by atoms with Gasteiger partial charge in [0.05, 0.1) is 0 Å². The molecule has 2 fully saturated rings. The van der Waals surface area contributed by atoms with Crippen LogP contribution in [-0.2, 0) is 6.54 Å². The SMILES string of the molecule is CN=C(NCc1ccccc1F)NCC(C1CC1)C1CC1. The monoisotopic (exact) mass is 289 g/mol. The summed E-state index contributed by atoms with van der Waals surface area (Å²) in [5.41, 5.74) is 0.668. The molecule has 0 heterocycles. The van der Waals surface area contributed by atoms with Gasteiger partial charge in [0.25, 0.3) is 0 Å². The van der Waals surface area contributed by atoms with Gasteiger partial charge in [-0.1, -0.05) is 18.2 Å². The van der Waals surface area contributed by atoms with E-state index in [1.54, 1.807) is 19.2 Å². The predicted molar refractivity (Wildman–Crippen MR) is 83.5 cm³/mol. The van der Waals surface area contributed by atoms with Gasteiger partial charge in [-0.2, -0.15) is 0 Å². The van der Waals surface area contributed by atoms with Crippen LogP contribution >= 0.6 is 0 Å². The lowest BCUT2D eigenvalue weighted by molar-refractivity contribution is 0.400. The van der Waals surface area contributed by atoms with E-state index in [-0.39, 0.29) is 5.82 Å². The number of guanidine groups is 1. The summed E-state index contributed by atoms with van der Waals surface area (Å²) in [4.78, 5) is 4.24. The van der Waals surface area contributed by atoms with Gasteiger partial charge in [0, 0.05) is 25.7 Å². The first-order valence-corrected chi connectivity index (χ1v) is 7.96. The molecule has 1 aromatic rings. The molecule has 2 N–H and O–H groups in total. The number of nitrogens with one attached hydrogen (secondary N) is 2. The Morgan fingerprint density at radius 3 is 2.43 bits per heavy atom. The molecule has 0 aliphatic heterocycles. The van der Waals surface area contributed by atoms with Crippen molar-refractivity contribution in [3.05, 3.63) is 35.6 Å². The molecule has 114 valence electrons. The van der Waals surface area contributed by atoms with E-state index < -0.39 is 0 Å². The van der Waals surface area contributed by atoms with Crippen LogP contribution in [0.5, 0.6) is 0 Å². The van der Waals surface area contributed by atoms with Crippen molar-refractivity contribution < 1.29 is 4.39 Å². The number of hydrogen-bond donors (Lipinski definition) is 2. The first kappa shape index (κ1) is 14.4. The highest BCUT2D eigenvalue weighted by atomic mass is 19.1. The summed E-state index contributed by atoms with van der Waals surface area (Å²) in [6, 6.07) is 6.85. The summed E-state index contributed by atoms with van der Waals surface area (Å²) in [7, 11) is 1.76. The minimum absolute atomic E-state index is 0.172. The zero-order valence-electron chi connectivity index (χ0n) is 12.6. The van der Waals surface area contributed by atoms with E-state index in [0.29, 0.717) is 12.1 Å². The fourth-order valence-electron chi connectivity index (χ4n) is 3.02. The average Bonchev–Trinajstić information content (AvgIpc) is 3.38. The number of hydrogen-bond acceptors (Lipinski definition) is 1. The van der Waals surface area contributed by atoms with Gasteiger partial charge in [-0.05, 0) is 49.5 Å². The summed E-state index contributed by atoms with van der Waals surface area (Å²) in [6.45, 7) is 1.45. The van der Waals surface area contributed by atoms with E-state index in [9.17, 15) is 4.39 Å². The van der Waals surface area contributed by atoms with Gasteiger partial charge in [-0.3, -0.25) is 4.99 Å². The normalized spacial score (nSPS) is 18.9. The lowest BCUT2D eigenvalue weighted by Gasteiger charge is -2.18. The summed E-state index contributed by atoms with van der Waals surface area (Å²) in [6.07, 6.45) is 5.57. The van der Waals surface area contributed by atoms with E-state index in [4.69, 9.17) is 0 Å². The highest BCUT2D eigenvalue weighted by Crippen LogP contribution is 2.48. The van der Waals surface area contributed by atoms with E-state index in [1.807, 2.05) is 6.07 Å². The molecule has 4 heteroatoms. The first-order valence-electron chi connectivity index (χ1n) is 7.96. The van der Waals surface area contributed by atoms with Crippen LogP contribution in [0, 0.1) is 23.6 Å². The highest BCUT2D eigenvalue weighted by Gasteiger charge is 2.41. The molecule has 0 saturated heterocycles. The van der Waals surface area contributed by atoms with Crippen LogP contribution in [0.25, 0.3) is 0 Å². The van der Waals surface area contributed by atoms with Crippen LogP contribution in [-0.4, -0.2) is 19.6 Å². The molecule has 0 amide bonds. The second-order valence-corrected chi connectivity index (χ2v) is 6.24. The Labute approximate surface area is 126 Å². The summed E-state index contributed by atoms with van der Waals surface area (Å²) >= 11 is 0. The number of nitrogens with zero attached hydrogens (tertiary/aromatic N) is 1. The second-order valence-electron chi connectivity index (χ2n) is 6.24. The van der Waals surface area contributed by atoms with Gasteiger partial charge < -0.3 is 10.6 Å². The number of aliphatic imine (C=N–C) groups is 1. The molecule has 2 aliphatic rings. The van der Waals surface area contributed by atoms with Crippen molar-refractivity contribution in [2.75, 3.05) is 13.6 Å². The molecule has 0 spiro atoms. The van der Waals surface area contributed by atoms with Crippen molar-refractivity contribution in [1.29, 1.82) is 0 Å². The van der Waals surface area contributed by atoms with Gasteiger partial charge >= 0.3 is 0 Å².